The molecule has 0 aliphatic rings. The predicted molar refractivity (Wildman–Crippen MR) is 80.5 cm³/mol. The maximum Gasteiger partial charge on any atom is 0.192 e. The number of hydrogen-bond acceptors (Lipinski definition) is 4. The van der Waals surface area contributed by atoms with E-state index in [1.54, 1.807) is 12.1 Å². The number of benzene rings is 1. The molecule has 0 spiro atoms. The van der Waals surface area contributed by atoms with Crippen molar-refractivity contribution in [3.63, 3.8) is 0 Å². The quantitative estimate of drug-likeness (QED) is 0.595. The molecule has 2 atom stereocenters. The summed E-state index contributed by atoms with van der Waals surface area (Å²) in [7, 11) is -4.08. The molecule has 0 bridgehead atoms. The van der Waals surface area contributed by atoms with E-state index in [2.05, 4.69) is 5.92 Å². The highest BCUT2D eigenvalue weighted by Crippen LogP contribution is 2.36. The summed E-state index contributed by atoms with van der Waals surface area (Å²) in [5, 5.41) is 0. The summed E-state index contributed by atoms with van der Waals surface area (Å²) in [6.07, 6.45) is 5.39. The molecule has 0 saturated heterocycles. The van der Waals surface area contributed by atoms with Crippen LogP contribution >= 0.6 is 0 Å². The first-order valence-corrected chi connectivity index (χ1v) is 7.93. The highest BCUT2D eigenvalue weighted by atomic mass is 32.2. The van der Waals surface area contributed by atoms with E-state index < -0.39 is 26.3 Å². The molecule has 0 aliphatic carbocycles. The first kappa shape index (κ1) is 17.1. The van der Waals surface area contributed by atoms with Crippen LogP contribution in [0.2, 0.25) is 0 Å². The number of aryl methyl sites for hydroxylation is 1. The maximum atomic E-state index is 12.9. The lowest BCUT2D eigenvalue weighted by Gasteiger charge is -2.32. The molecule has 0 radical (unpaired) electrons. The predicted octanol–water partition coefficient (Wildman–Crippen LogP) is 1.95. The standard InChI is InChI=1S/C16H18O4S/c1-5-10-16(14(4)18,13(3)11-17)21(19,20)15-8-6-12(2)7-9-15/h1,6-9,11,13H,10H2,2-4H3. The summed E-state index contributed by atoms with van der Waals surface area (Å²) >= 11 is 0. The third-order valence-corrected chi connectivity index (χ3v) is 6.37. The molecule has 0 saturated carbocycles. The van der Waals surface area contributed by atoms with Gasteiger partial charge in [-0.25, -0.2) is 8.42 Å². The van der Waals surface area contributed by atoms with Gasteiger partial charge in [0, 0.05) is 12.3 Å². The topological polar surface area (TPSA) is 68.3 Å². The first-order valence-electron chi connectivity index (χ1n) is 6.45. The molecule has 21 heavy (non-hydrogen) atoms. The molecule has 1 aromatic rings. The number of ketones is 1. The Bertz CT molecular complexity index is 680. The lowest BCUT2D eigenvalue weighted by Crippen LogP contribution is -2.51. The summed E-state index contributed by atoms with van der Waals surface area (Å²) < 4.78 is 23.9. The van der Waals surface area contributed by atoms with Crippen LogP contribution in [-0.2, 0) is 19.4 Å². The van der Waals surface area contributed by atoms with E-state index in [9.17, 15) is 18.0 Å². The minimum atomic E-state index is -4.08. The summed E-state index contributed by atoms with van der Waals surface area (Å²) in [5.74, 6) is 0.579. The van der Waals surface area contributed by atoms with Crippen molar-refractivity contribution in [1.82, 2.24) is 0 Å². The SMILES string of the molecule is C#CCC(C(C)=O)(C(C)C=O)S(=O)(=O)c1ccc(C)cc1. The van der Waals surface area contributed by atoms with Gasteiger partial charge in [-0.05, 0) is 26.0 Å². The molecule has 0 fully saturated rings. The van der Waals surface area contributed by atoms with Crippen LogP contribution in [0.5, 0.6) is 0 Å². The summed E-state index contributed by atoms with van der Waals surface area (Å²) in [5.41, 5.74) is 0.891. The zero-order valence-electron chi connectivity index (χ0n) is 12.3. The van der Waals surface area contributed by atoms with Gasteiger partial charge < -0.3 is 4.79 Å². The Labute approximate surface area is 125 Å². The first-order chi connectivity index (χ1) is 9.73. The molecule has 0 N–H and O–H groups in total. The van der Waals surface area contributed by atoms with Gasteiger partial charge in [-0.1, -0.05) is 24.6 Å². The Kier molecular flexibility index (Phi) is 5.08. The van der Waals surface area contributed by atoms with Gasteiger partial charge in [0.25, 0.3) is 0 Å². The number of rotatable bonds is 6. The normalized spacial score (nSPS) is 15.5. The number of terminal acetylenes is 1. The summed E-state index contributed by atoms with van der Waals surface area (Å²) in [6.45, 7) is 4.38. The van der Waals surface area contributed by atoms with E-state index in [1.165, 1.54) is 19.1 Å². The van der Waals surface area contributed by atoms with Crippen molar-refractivity contribution < 1.29 is 18.0 Å². The lowest BCUT2D eigenvalue weighted by atomic mass is 9.88. The minimum absolute atomic E-state index is 0.00718. The van der Waals surface area contributed by atoms with Gasteiger partial charge in [0.05, 0.1) is 4.90 Å². The van der Waals surface area contributed by atoms with Crippen LogP contribution in [-0.4, -0.2) is 25.2 Å². The Morgan fingerprint density at radius 1 is 1.38 bits per heavy atom. The molecule has 0 heterocycles. The molecule has 1 aromatic carbocycles. The molecular formula is C16H18O4S. The Morgan fingerprint density at radius 2 is 1.90 bits per heavy atom. The summed E-state index contributed by atoms with van der Waals surface area (Å²) in [6, 6.07) is 6.13. The van der Waals surface area contributed by atoms with Gasteiger partial charge >= 0.3 is 0 Å². The second-order valence-corrected chi connectivity index (χ2v) is 7.27. The summed E-state index contributed by atoms with van der Waals surface area (Å²) in [4.78, 5) is 23.3. The molecule has 4 nitrogen and oxygen atoms in total. The van der Waals surface area contributed by atoms with Crippen molar-refractivity contribution in [2.24, 2.45) is 5.92 Å². The minimum Gasteiger partial charge on any atom is -0.303 e. The van der Waals surface area contributed by atoms with Gasteiger partial charge in [-0.15, -0.1) is 12.3 Å². The smallest absolute Gasteiger partial charge is 0.192 e. The number of carbonyl (C=O) groups excluding carboxylic acids is 2. The second-order valence-electron chi connectivity index (χ2n) is 5.07. The molecule has 0 aliphatic heterocycles. The van der Waals surface area contributed by atoms with Crippen LogP contribution in [0.3, 0.4) is 0 Å². The highest BCUT2D eigenvalue weighted by molar-refractivity contribution is 7.93. The molecule has 112 valence electrons. The van der Waals surface area contributed by atoms with Crippen molar-refractivity contribution in [3.8, 4) is 12.3 Å². The molecule has 0 amide bonds. The highest BCUT2D eigenvalue weighted by Gasteiger charge is 2.52. The van der Waals surface area contributed by atoms with Crippen LogP contribution in [0, 0.1) is 25.2 Å². The maximum absolute atomic E-state index is 12.9. The Hall–Kier alpha value is -1.93. The third kappa shape index (κ3) is 2.77. The molecular weight excluding hydrogens is 288 g/mol. The Morgan fingerprint density at radius 3 is 2.29 bits per heavy atom. The average molecular weight is 306 g/mol. The lowest BCUT2D eigenvalue weighted by molar-refractivity contribution is -0.123. The van der Waals surface area contributed by atoms with E-state index in [0.29, 0.717) is 6.29 Å². The fraction of sp³-hybridized carbons (Fsp3) is 0.375. The molecule has 1 rings (SSSR count). The van der Waals surface area contributed by atoms with E-state index in [4.69, 9.17) is 6.42 Å². The zero-order valence-corrected chi connectivity index (χ0v) is 13.1. The number of hydrogen-bond donors (Lipinski definition) is 0. The van der Waals surface area contributed by atoms with E-state index >= 15 is 0 Å². The van der Waals surface area contributed by atoms with Crippen molar-refractivity contribution in [2.75, 3.05) is 0 Å². The number of Topliss-reactive ketones (excluding diaryl/α,β-unsaturated/α-hetero) is 1. The molecule has 0 aromatic heterocycles. The second kappa shape index (κ2) is 6.23. The van der Waals surface area contributed by atoms with Crippen molar-refractivity contribution >= 4 is 21.9 Å². The number of aldehydes is 1. The molecule has 5 heteroatoms. The fourth-order valence-electron chi connectivity index (χ4n) is 2.32. The van der Waals surface area contributed by atoms with E-state index in [1.807, 2.05) is 6.92 Å². The van der Waals surface area contributed by atoms with Gasteiger partial charge in [0.1, 0.15) is 6.29 Å². The van der Waals surface area contributed by atoms with Crippen molar-refractivity contribution in [1.29, 1.82) is 0 Å². The zero-order chi connectivity index (χ0) is 16.3. The Balaban J connectivity index is 3.65. The van der Waals surface area contributed by atoms with Crippen LogP contribution in [0.1, 0.15) is 25.8 Å². The van der Waals surface area contributed by atoms with Crippen molar-refractivity contribution in [2.45, 2.75) is 36.8 Å². The average Bonchev–Trinajstić information content (AvgIpc) is 2.43. The van der Waals surface area contributed by atoms with Crippen LogP contribution in [0.25, 0.3) is 0 Å². The van der Waals surface area contributed by atoms with Gasteiger partial charge in [-0.2, -0.15) is 0 Å². The number of sulfone groups is 1. The van der Waals surface area contributed by atoms with Gasteiger partial charge in [-0.3, -0.25) is 4.79 Å². The van der Waals surface area contributed by atoms with Gasteiger partial charge in [0.2, 0.25) is 0 Å². The fourth-order valence-corrected chi connectivity index (χ4v) is 4.44. The van der Waals surface area contributed by atoms with Gasteiger partial charge in [0.15, 0.2) is 20.4 Å². The monoisotopic (exact) mass is 306 g/mol. The van der Waals surface area contributed by atoms with Crippen molar-refractivity contribution in [3.05, 3.63) is 29.8 Å². The van der Waals surface area contributed by atoms with Crippen LogP contribution < -0.4 is 0 Å². The van der Waals surface area contributed by atoms with E-state index in [-0.39, 0.29) is 11.3 Å². The number of carbonyl (C=O) groups is 2. The molecule has 2 unspecified atom stereocenters. The third-order valence-electron chi connectivity index (χ3n) is 3.71. The van der Waals surface area contributed by atoms with Crippen LogP contribution in [0.15, 0.2) is 29.2 Å². The largest absolute Gasteiger partial charge is 0.303 e. The van der Waals surface area contributed by atoms with Crippen LogP contribution in [0.4, 0.5) is 0 Å². The van der Waals surface area contributed by atoms with E-state index in [0.717, 1.165) is 12.5 Å².